The molecule has 1 aromatic carbocycles. The molecular weight excluding hydrogens is 308 g/mol. The van der Waals surface area contributed by atoms with Crippen molar-refractivity contribution in [1.29, 1.82) is 0 Å². The highest BCUT2D eigenvalue weighted by Crippen LogP contribution is 2.26. The zero-order valence-corrected chi connectivity index (χ0v) is 13.6. The predicted octanol–water partition coefficient (Wildman–Crippen LogP) is 3.44. The minimum Gasteiger partial charge on any atom is -0.317 e. The molecule has 0 N–H and O–H groups in total. The number of urea groups is 1. The van der Waals surface area contributed by atoms with E-state index in [-0.39, 0.29) is 6.03 Å². The van der Waals surface area contributed by atoms with E-state index in [0.29, 0.717) is 19.6 Å². The van der Waals surface area contributed by atoms with E-state index in [1.165, 1.54) is 11.3 Å². The molecule has 1 fully saturated rings. The molecule has 23 heavy (non-hydrogen) atoms. The number of nitrogens with zero attached hydrogens (tertiary/aromatic N) is 4. The van der Waals surface area contributed by atoms with Gasteiger partial charge in [-0.05, 0) is 18.4 Å². The molecule has 0 unspecified atom stereocenters. The van der Waals surface area contributed by atoms with E-state index in [1.807, 2.05) is 35.4 Å². The number of carbonyl (C=O) groups excluding carboxylic acids is 1. The number of pyridine rings is 1. The van der Waals surface area contributed by atoms with E-state index in [1.54, 1.807) is 11.1 Å². The molecule has 116 valence electrons. The van der Waals surface area contributed by atoms with Gasteiger partial charge in [0.05, 0.1) is 17.9 Å². The van der Waals surface area contributed by atoms with Gasteiger partial charge < -0.3 is 4.90 Å². The Kier molecular flexibility index (Phi) is 3.46. The first-order chi connectivity index (χ1) is 11.2. The van der Waals surface area contributed by atoms with E-state index < -0.39 is 0 Å². The van der Waals surface area contributed by atoms with Crippen molar-refractivity contribution in [2.24, 2.45) is 0 Å². The molecule has 0 aliphatic carbocycles. The third-order valence-electron chi connectivity index (χ3n) is 4.03. The molecule has 4 rings (SSSR count). The first kappa shape index (κ1) is 14.1. The maximum absolute atomic E-state index is 12.6. The molecule has 2 aromatic heterocycles. The Morgan fingerprint density at radius 1 is 1.22 bits per heavy atom. The van der Waals surface area contributed by atoms with Crippen molar-refractivity contribution < 1.29 is 4.79 Å². The summed E-state index contributed by atoms with van der Waals surface area (Å²) in [5.41, 5.74) is 1.89. The van der Waals surface area contributed by atoms with Gasteiger partial charge in [0.2, 0.25) is 0 Å². The van der Waals surface area contributed by atoms with Gasteiger partial charge in [-0.2, -0.15) is 0 Å². The maximum atomic E-state index is 12.6. The third kappa shape index (κ3) is 2.55. The fourth-order valence-corrected chi connectivity index (χ4v) is 3.68. The molecule has 0 saturated carbocycles. The summed E-state index contributed by atoms with van der Waals surface area (Å²) in [5.74, 6) is 0. The number of hydrogen-bond donors (Lipinski definition) is 0. The van der Waals surface area contributed by atoms with Crippen LogP contribution in [0.4, 0.5) is 9.93 Å². The van der Waals surface area contributed by atoms with Gasteiger partial charge >= 0.3 is 6.03 Å². The van der Waals surface area contributed by atoms with Crippen molar-refractivity contribution in [3.05, 3.63) is 53.3 Å². The Morgan fingerprint density at radius 2 is 2.09 bits per heavy atom. The van der Waals surface area contributed by atoms with Gasteiger partial charge in [-0.3, -0.25) is 9.88 Å². The molecule has 6 heteroatoms. The molecular formula is C17H16N4OS. The summed E-state index contributed by atoms with van der Waals surface area (Å²) in [7, 11) is 0. The highest BCUT2D eigenvalue weighted by Gasteiger charge is 2.31. The minimum atomic E-state index is 0.00841. The number of aromatic nitrogens is 2. The van der Waals surface area contributed by atoms with E-state index in [2.05, 4.69) is 22.1 Å². The highest BCUT2D eigenvalue weighted by atomic mass is 32.1. The minimum absolute atomic E-state index is 0.00841. The summed E-state index contributed by atoms with van der Waals surface area (Å²) in [6.45, 7) is 3.85. The van der Waals surface area contributed by atoms with E-state index in [9.17, 15) is 4.79 Å². The van der Waals surface area contributed by atoms with Crippen molar-refractivity contribution in [3.8, 4) is 0 Å². The van der Waals surface area contributed by atoms with Crippen LogP contribution < -0.4 is 4.90 Å². The van der Waals surface area contributed by atoms with Gasteiger partial charge in [-0.15, -0.1) is 11.3 Å². The second-order valence-electron chi connectivity index (χ2n) is 5.61. The summed E-state index contributed by atoms with van der Waals surface area (Å²) in [5, 5.41) is 5.00. The quantitative estimate of drug-likeness (QED) is 0.741. The lowest BCUT2D eigenvalue weighted by molar-refractivity contribution is 0.218. The molecule has 0 bridgehead atoms. The average Bonchev–Trinajstić information content (AvgIpc) is 3.14. The molecule has 0 atom stereocenters. The summed E-state index contributed by atoms with van der Waals surface area (Å²) < 4.78 is 0. The molecule has 5 nitrogen and oxygen atoms in total. The van der Waals surface area contributed by atoms with Crippen LogP contribution in [0.2, 0.25) is 0 Å². The molecule has 3 heterocycles. The lowest BCUT2D eigenvalue weighted by Crippen LogP contribution is -2.31. The van der Waals surface area contributed by atoms with Gasteiger partial charge in [-0.25, -0.2) is 9.78 Å². The maximum Gasteiger partial charge on any atom is 0.326 e. The van der Waals surface area contributed by atoms with Crippen LogP contribution in [0.15, 0.2) is 41.9 Å². The molecule has 3 aromatic rings. The number of carbonyl (C=O) groups is 1. The monoisotopic (exact) mass is 324 g/mol. The number of hydrogen-bond acceptors (Lipinski definition) is 4. The van der Waals surface area contributed by atoms with E-state index >= 15 is 0 Å². The molecule has 2 amide bonds. The summed E-state index contributed by atoms with van der Waals surface area (Å²) in [6, 6.07) is 10.1. The Morgan fingerprint density at radius 3 is 2.91 bits per heavy atom. The smallest absolute Gasteiger partial charge is 0.317 e. The molecule has 0 spiro atoms. The number of rotatable bonds is 3. The van der Waals surface area contributed by atoms with Crippen molar-refractivity contribution in [2.75, 3.05) is 18.0 Å². The zero-order valence-electron chi connectivity index (χ0n) is 12.8. The van der Waals surface area contributed by atoms with Gasteiger partial charge in [0.15, 0.2) is 5.13 Å². The van der Waals surface area contributed by atoms with Crippen LogP contribution in [-0.2, 0) is 6.54 Å². The summed E-state index contributed by atoms with van der Waals surface area (Å²) in [4.78, 5) is 25.1. The van der Waals surface area contributed by atoms with Gasteiger partial charge in [0.1, 0.15) is 0 Å². The molecule has 0 radical (unpaired) electrons. The van der Waals surface area contributed by atoms with Crippen molar-refractivity contribution >= 4 is 33.3 Å². The van der Waals surface area contributed by atoms with Gasteiger partial charge in [0, 0.05) is 30.1 Å². The Bertz CT molecular complexity index is 870. The number of benzene rings is 1. The Balaban J connectivity index is 1.59. The number of fused-ring (bicyclic) bond motifs is 1. The lowest BCUT2D eigenvalue weighted by atomic mass is 10.1. The van der Waals surface area contributed by atoms with E-state index in [0.717, 1.165) is 27.3 Å². The molecule has 1 aliphatic heterocycles. The van der Waals surface area contributed by atoms with Crippen LogP contribution in [0.3, 0.4) is 0 Å². The first-order valence-corrected chi connectivity index (χ1v) is 8.41. The third-order valence-corrected chi connectivity index (χ3v) is 5.01. The number of amides is 2. The molecule has 1 saturated heterocycles. The topological polar surface area (TPSA) is 49.3 Å². The van der Waals surface area contributed by atoms with Crippen molar-refractivity contribution in [3.63, 3.8) is 0 Å². The highest BCUT2D eigenvalue weighted by molar-refractivity contribution is 7.14. The second kappa shape index (κ2) is 5.62. The SMILES string of the molecule is Cc1csc(N2CCN(Cc3nccc4ccccc34)C2=O)n1. The van der Waals surface area contributed by atoms with Crippen LogP contribution in [0.25, 0.3) is 10.8 Å². The first-order valence-electron chi connectivity index (χ1n) is 7.53. The fraction of sp³-hybridized carbons (Fsp3) is 0.235. The predicted molar refractivity (Wildman–Crippen MR) is 91.7 cm³/mol. The van der Waals surface area contributed by atoms with Gasteiger partial charge in [-0.1, -0.05) is 24.3 Å². The zero-order chi connectivity index (χ0) is 15.8. The molecule has 1 aliphatic rings. The van der Waals surface area contributed by atoms with E-state index in [4.69, 9.17) is 0 Å². The normalized spacial score (nSPS) is 14.9. The Hall–Kier alpha value is -2.47. The van der Waals surface area contributed by atoms with Crippen LogP contribution >= 0.6 is 11.3 Å². The summed E-state index contributed by atoms with van der Waals surface area (Å²) in [6.07, 6.45) is 1.81. The van der Waals surface area contributed by atoms with Crippen LogP contribution in [0, 0.1) is 6.92 Å². The Labute approximate surface area is 138 Å². The summed E-state index contributed by atoms with van der Waals surface area (Å²) >= 11 is 1.51. The largest absolute Gasteiger partial charge is 0.326 e. The average molecular weight is 324 g/mol. The standard InChI is InChI=1S/C17H16N4OS/c1-12-11-23-16(19-12)21-9-8-20(17(21)22)10-15-14-5-3-2-4-13(14)6-7-18-15/h2-7,11H,8-10H2,1H3. The van der Waals surface area contributed by atoms with Crippen LogP contribution in [-0.4, -0.2) is 34.0 Å². The van der Waals surface area contributed by atoms with Gasteiger partial charge in [0.25, 0.3) is 0 Å². The lowest BCUT2D eigenvalue weighted by Gasteiger charge is -2.17. The van der Waals surface area contributed by atoms with Crippen molar-refractivity contribution in [2.45, 2.75) is 13.5 Å². The van der Waals surface area contributed by atoms with Crippen LogP contribution in [0.1, 0.15) is 11.4 Å². The van der Waals surface area contributed by atoms with Crippen LogP contribution in [0.5, 0.6) is 0 Å². The fourth-order valence-electron chi connectivity index (χ4n) is 2.86. The number of anilines is 1. The van der Waals surface area contributed by atoms with Crippen molar-refractivity contribution in [1.82, 2.24) is 14.9 Å². The number of aryl methyl sites for hydroxylation is 1. The number of thiazole rings is 1. The second-order valence-corrected chi connectivity index (χ2v) is 6.44.